The predicted molar refractivity (Wildman–Crippen MR) is 21.4 cm³/mol. The summed E-state index contributed by atoms with van der Waals surface area (Å²) in [7, 11) is -1.61. The van der Waals surface area contributed by atoms with Crippen LogP contribution in [0.4, 0.5) is 4.79 Å². The number of primary amides is 1. The van der Waals surface area contributed by atoms with Crippen LogP contribution in [0, 0.1) is 0 Å². The van der Waals surface area contributed by atoms with Crippen LogP contribution in [0.3, 0.4) is 0 Å². The minimum atomic E-state index is -1.61. The number of carbonyl (C=O) groups is 1. The van der Waals surface area contributed by atoms with E-state index in [1.807, 2.05) is 0 Å². The summed E-state index contributed by atoms with van der Waals surface area (Å²) < 4.78 is 3.88. The van der Waals surface area contributed by atoms with E-state index in [1.54, 1.807) is 0 Å². The van der Waals surface area contributed by atoms with Crippen LogP contribution < -0.4 is 5.73 Å². The minimum Gasteiger partial charge on any atom is -0.484 e. The van der Waals surface area contributed by atoms with E-state index in [-0.39, 0.29) is 0 Å². The summed E-state index contributed by atoms with van der Waals surface area (Å²) in [4.78, 5) is 17.3. The van der Waals surface area contributed by atoms with Crippen molar-refractivity contribution in [1.29, 1.82) is 0 Å². The summed E-state index contributed by atoms with van der Waals surface area (Å²) in [5.74, 6) is 0. The SMILES string of the molecule is NC(=O)O[SiH2]O. The van der Waals surface area contributed by atoms with Crippen molar-refractivity contribution in [2.75, 3.05) is 0 Å². The van der Waals surface area contributed by atoms with E-state index in [2.05, 4.69) is 10.2 Å². The van der Waals surface area contributed by atoms with Gasteiger partial charge in [0.15, 0.2) is 0 Å². The third-order valence-corrected chi connectivity index (χ3v) is 0.620. The summed E-state index contributed by atoms with van der Waals surface area (Å²) in [6.45, 7) is 0. The average Bonchev–Trinajstić information content (AvgIpc) is 1.35. The van der Waals surface area contributed by atoms with E-state index >= 15 is 0 Å². The first-order chi connectivity index (χ1) is 2.77. The number of rotatable bonds is 1. The smallest absolute Gasteiger partial charge is 0.392 e. The van der Waals surface area contributed by atoms with Gasteiger partial charge in [-0.05, 0) is 0 Å². The molecule has 36 valence electrons. The van der Waals surface area contributed by atoms with Crippen LogP contribution in [-0.4, -0.2) is 20.9 Å². The monoisotopic (exact) mass is 107 g/mol. The van der Waals surface area contributed by atoms with E-state index < -0.39 is 16.1 Å². The van der Waals surface area contributed by atoms with Gasteiger partial charge >= 0.3 is 16.1 Å². The molecule has 0 saturated carbocycles. The van der Waals surface area contributed by atoms with E-state index in [0.29, 0.717) is 0 Å². The summed E-state index contributed by atoms with van der Waals surface area (Å²) >= 11 is 0. The van der Waals surface area contributed by atoms with Gasteiger partial charge in [-0.25, -0.2) is 4.79 Å². The predicted octanol–water partition coefficient (Wildman–Crippen LogP) is -1.93. The van der Waals surface area contributed by atoms with Crippen molar-refractivity contribution in [1.82, 2.24) is 0 Å². The van der Waals surface area contributed by atoms with Gasteiger partial charge in [0.05, 0.1) is 0 Å². The summed E-state index contributed by atoms with van der Waals surface area (Å²) in [6.07, 6.45) is -0.899. The summed E-state index contributed by atoms with van der Waals surface area (Å²) in [5.41, 5.74) is 4.42. The third kappa shape index (κ3) is 3.45. The first-order valence-electron chi connectivity index (χ1n) is 1.30. The molecule has 0 aromatic rings. The lowest BCUT2D eigenvalue weighted by Crippen LogP contribution is -2.15. The Hall–Kier alpha value is -0.553. The van der Waals surface area contributed by atoms with Crippen molar-refractivity contribution in [3.8, 4) is 0 Å². The molecule has 0 bridgehead atoms. The molecule has 1 amide bonds. The largest absolute Gasteiger partial charge is 0.484 e. The van der Waals surface area contributed by atoms with Crippen LogP contribution >= 0.6 is 0 Å². The molecule has 0 aliphatic rings. The molecule has 0 aromatic heterocycles. The average molecular weight is 107 g/mol. The molecular weight excluding hydrogens is 102 g/mol. The van der Waals surface area contributed by atoms with Crippen molar-refractivity contribution in [2.24, 2.45) is 5.73 Å². The standard InChI is InChI=1S/CH5NO3Si/c2-1(3)5-6-4/h4H,6H2,(H2,2,3). The fourth-order valence-electron chi connectivity index (χ4n) is 0.0636. The van der Waals surface area contributed by atoms with E-state index in [1.165, 1.54) is 0 Å². The third-order valence-electron chi connectivity index (χ3n) is 0.207. The zero-order valence-electron chi connectivity index (χ0n) is 3.05. The van der Waals surface area contributed by atoms with Crippen LogP contribution in [0.5, 0.6) is 0 Å². The van der Waals surface area contributed by atoms with Gasteiger partial charge in [0.2, 0.25) is 0 Å². The molecule has 0 saturated heterocycles. The Kier molecular flexibility index (Phi) is 2.43. The fraction of sp³-hybridized carbons (Fsp3) is 0. The van der Waals surface area contributed by atoms with Crippen molar-refractivity contribution < 1.29 is 14.0 Å². The molecule has 3 N–H and O–H groups in total. The maximum atomic E-state index is 9.47. The second-order valence-corrected chi connectivity index (χ2v) is 1.14. The van der Waals surface area contributed by atoms with Gasteiger partial charge in [-0.3, -0.25) is 0 Å². The van der Waals surface area contributed by atoms with Gasteiger partial charge in [-0.1, -0.05) is 0 Å². The van der Waals surface area contributed by atoms with Crippen LogP contribution in [0.1, 0.15) is 0 Å². The summed E-state index contributed by atoms with van der Waals surface area (Å²) in [5, 5.41) is 0. The number of carbonyl (C=O) groups excluding carboxylic acids is 1. The Morgan fingerprint density at radius 3 is 2.50 bits per heavy atom. The Morgan fingerprint density at radius 2 is 2.50 bits per heavy atom. The van der Waals surface area contributed by atoms with Crippen LogP contribution in [0.25, 0.3) is 0 Å². The van der Waals surface area contributed by atoms with E-state index in [9.17, 15) is 4.79 Å². The van der Waals surface area contributed by atoms with Gasteiger partial charge in [-0.15, -0.1) is 0 Å². The Morgan fingerprint density at radius 1 is 2.00 bits per heavy atom. The molecule has 0 heterocycles. The van der Waals surface area contributed by atoms with Crippen LogP contribution in [-0.2, 0) is 4.43 Å². The second-order valence-electron chi connectivity index (χ2n) is 0.592. The van der Waals surface area contributed by atoms with Gasteiger partial charge in [0.1, 0.15) is 0 Å². The molecule has 0 aliphatic carbocycles. The molecule has 0 aliphatic heterocycles. The summed E-state index contributed by atoms with van der Waals surface area (Å²) in [6, 6.07) is 0. The topological polar surface area (TPSA) is 72.6 Å². The highest BCUT2D eigenvalue weighted by molar-refractivity contribution is 6.20. The lowest BCUT2D eigenvalue weighted by atomic mass is 11.3. The van der Waals surface area contributed by atoms with Gasteiger partial charge in [-0.2, -0.15) is 0 Å². The molecule has 0 aromatic carbocycles. The molecule has 0 radical (unpaired) electrons. The molecule has 0 unspecified atom stereocenters. The molecule has 4 nitrogen and oxygen atoms in total. The molecule has 5 heteroatoms. The maximum absolute atomic E-state index is 9.47. The second kappa shape index (κ2) is 2.67. The lowest BCUT2D eigenvalue weighted by molar-refractivity contribution is 0.206. The molecular formula is CH5NO3Si. The zero-order valence-corrected chi connectivity index (χ0v) is 4.46. The number of hydrogen-bond donors (Lipinski definition) is 2. The van der Waals surface area contributed by atoms with Crippen molar-refractivity contribution in [3.05, 3.63) is 0 Å². The van der Waals surface area contributed by atoms with Gasteiger partial charge < -0.3 is 15.0 Å². The van der Waals surface area contributed by atoms with Gasteiger partial charge in [0, 0.05) is 0 Å². The molecule has 0 fully saturated rings. The Bertz CT molecular complexity index is 54.8. The quantitative estimate of drug-likeness (QED) is 0.383. The van der Waals surface area contributed by atoms with Crippen molar-refractivity contribution >= 4 is 16.1 Å². The van der Waals surface area contributed by atoms with E-state index in [4.69, 9.17) is 4.80 Å². The number of amides is 1. The van der Waals surface area contributed by atoms with Crippen molar-refractivity contribution in [2.45, 2.75) is 0 Å². The fourth-order valence-corrected chi connectivity index (χ4v) is 0.191. The molecule has 6 heavy (non-hydrogen) atoms. The molecule has 0 spiro atoms. The zero-order chi connectivity index (χ0) is 4.99. The van der Waals surface area contributed by atoms with Gasteiger partial charge in [0.25, 0.3) is 0 Å². The number of hydrogen-bond acceptors (Lipinski definition) is 3. The highest BCUT2D eigenvalue weighted by atomic mass is 28.2. The Balaban J connectivity index is 2.83. The normalized spacial score (nSPS) is 9.50. The first kappa shape index (κ1) is 5.45. The molecule has 0 rings (SSSR count). The minimum absolute atomic E-state index is 0.899. The lowest BCUT2D eigenvalue weighted by Gasteiger charge is -1.88. The highest BCUT2D eigenvalue weighted by Crippen LogP contribution is 1.59. The van der Waals surface area contributed by atoms with Crippen molar-refractivity contribution in [3.63, 3.8) is 0 Å². The van der Waals surface area contributed by atoms with Crippen LogP contribution in [0.2, 0.25) is 0 Å². The van der Waals surface area contributed by atoms with E-state index in [0.717, 1.165) is 0 Å². The Labute approximate surface area is 37.0 Å². The molecule has 0 atom stereocenters. The maximum Gasteiger partial charge on any atom is 0.392 e. The highest BCUT2D eigenvalue weighted by Gasteiger charge is 1.84. The van der Waals surface area contributed by atoms with Crippen LogP contribution in [0.15, 0.2) is 0 Å². The first-order valence-corrected chi connectivity index (χ1v) is 2.51. The number of nitrogens with two attached hydrogens (primary N) is 1.